The van der Waals surface area contributed by atoms with Crippen molar-refractivity contribution in [3.05, 3.63) is 0 Å². The van der Waals surface area contributed by atoms with Crippen molar-refractivity contribution >= 4 is 5.78 Å². The average Bonchev–Trinajstić information content (AvgIpc) is 1.79. The van der Waals surface area contributed by atoms with Crippen molar-refractivity contribution in [3.8, 4) is 0 Å². The molecule has 0 saturated carbocycles. The Morgan fingerprint density at radius 1 is 1.45 bits per heavy atom. The number of β-amino-alcohol motifs (C(OH)–C–C–N with tert-alkyl or cyclic N) is 1. The van der Waals surface area contributed by atoms with Crippen molar-refractivity contribution in [2.45, 2.75) is 26.4 Å². The van der Waals surface area contributed by atoms with Crippen LogP contribution < -0.4 is 5.32 Å². The van der Waals surface area contributed by atoms with Crippen LogP contribution >= 0.6 is 0 Å². The highest BCUT2D eigenvalue weighted by molar-refractivity contribution is 5.92. The number of carbonyl (C=O) groups is 1. The Kier molecular flexibility index (Phi) is 1.81. The summed E-state index contributed by atoms with van der Waals surface area (Å²) in [5.74, 6) is -0.0660. The molecule has 0 aromatic heterocycles. The SMILES string of the molecule is CC(C)(C)C(=O)C1(O)CNC1. The molecular weight excluding hydrogens is 142 g/mol. The first-order chi connectivity index (χ1) is 4.86. The molecule has 0 unspecified atom stereocenters. The summed E-state index contributed by atoms with van der Waals surface area (Å²) in [6, 6.07) is 0. The predicted octanol–water partition coefficient (Wildman–Crippen LogP) is -0.0641. The molecule has 64 valence electrons. The second-order valence-corrected chi connectivity index (χ2v) is 4.21. The molecule has 1 saturated heterocycles. The Balaban J connectivity index is 2.68. The van der Waals surface area contributed by atoms with Gasteiger partial charge in [0.15, 0.2) is 5.78 Å². The molecule has 3 heteroatoms. The summed E-state index contributed by atoms with van der Waals surface area (Å²) in [4.78, 5) is 11.5. The maximum absolute atomic E-state index is 11.5. The lowest BCUT2D eigenvalue weighted by Crippen LogP contribution is -2.66. The predicted molar refractivity (Wildman–Crippen MR) is 42.3 cm³/mol. The van der Waals surface area contributed by atoms with Crippen LogP contribution in [0.15, 0.2) is 0 Å². The van der Waals surface area contributed by atoms with Crippen LogP contribution in [-0.2, 0) is 4.79 Å². The molecule has 1 heterocycles. The van der Waals surface area contributed by atoms with Crippen LogP contribution in [0.5, 0.6) is 0 Å². The van der Waals surface area contributed by atoms with Crippen LogP contribution in [0.1, 0.15) is 20.8 Å². The van der Waals surface area contributed by atoms with Gasteiger partial charge in [-0.2, -0.15) is 0 Å². The standard InChI is InChI=1S/C8H15NO2/c1-7(2,3)6(10)8(11)4-9-5-8/h9,11H,4-5H2,1-3H3. The number of Topliss-reactive ketones (excluding diaryl/α,β-unsaturated/α-hetero) is 1. The molecule has 0 spiro atoms. The number of ketones is 1. The lowest BCUT2D eigenvalue weighted by Gasteiger charge is -2.39. The number of aliphatic hydroxyl groups is 1. The summed E-state index contributed by atoms with van der Waals surface area (Å²) >= 11 is 0. The first-order valence-corrected chi connectivity index (χ1v) is 3.84. The molecule has 1 rings (SSSR count). The summed E-state index contributed by atoms with van der Waals surface area (Å²) in [6.07, 6.45) is 0. The van der Waals surface area contributed by atoms with Gasteiger partial charge in [-0.25, -0.2) is 0 Å². The summed E-state index contributed by atoms with van der Waals surface area (Å²) in [5, 5.41) is 12.5. The molecule has 0 aromatic carbocycles. The zero-order valence-electron chi connectivity index (χ0n) is 7.27. The Labute approximate surface area is 66.8 Å². The molecule has 11 heavy (non-hydrogen) atoms. The van der Waals surface area contributed by atoms with E-state index in [1.807, 2.05) is 20.8 Å². The van der Waals surface area contributed by atoms with Crippen molar-refractivity contribution in [1.82, 2.24) is 5.32 Å². The van der Waals surface area contributed by atoms with Gasteiger partial charge < -0.3 is 10.4 Å². The molecule has 1 fully saturated rings. The summed E-state index contributed by atoms with van der Waals surface area (Å²) < 4.78 is 0. The fourth-order valence-corrected chi connectivity index (χ4v) is 1.22. The van der Waals surface area contributed by atoms with Crippen molar-refractivity contribution in [2.24, 2.45) is 5.41 Å². The summed E-state index contributed by atoms with van der Waals surface area (Å²) in [7, 11) is 0. The molecule has 3 nitrogen and oxygen atoms in total. The van der Waals surface area contributed by atoms with Gasteiger partial charge in [-0.3, -0.25) is 4.79 Å². The lowest BCUT2D eigenvalue weighted by molar-refractivity contribution is -0.150. The normalized spacial score (nSPS) is 22.5. The van der Waals surface area contributed by atoms with Crippen LogP contribution in [0.3, 0.4) is 0 Å². The van der Waals surface area contributed by atoms with Gasteiger partial charge in [-0.1, -0.05) is 20.8 Å². The Morgan fingerprint density at radius 3 is 2.00 bits per heavy atom. The maximum Gasteiger partial charge on any atom is 0.172 e. The Hall–Kier alpha value is -0.410. The Bertz CT molecular complexity index is 177. The van der Waals surface area contributed by atoms with Gasteiger partial charge >= 0.3 is 0 Å². The first kappa shape index (κ1) is 8.68. The third kappa shape index (κ3) is 1.44. The molecule has 0 atom stereocenters. The van der Waals surface area contributed by atoms with E-state index in [-0.39, 0.29) is 5.78 Å². The summed E-state index contributed by atoms with van der Waals surface area (Å²) in [6.45, 7) is 6.29. The van der Waals surface area contributed by atoms with Gasteiger partial charge in [-0.15, -0.1) is 0 Å². The highest BCUT2D eigenvalue weighted by atomic mass is 16.3. The third-order valence-corrected chi connectivity index (χ3v) is 1.94. The van der Waals surface area contributed by atoms with Gasteiger partial charge in [-0.05, 0) is 0 Å². The van der Waals surface area contributed by atoms with E-state index < -0.39 is 11.0 Å². The van der Waals surface area contributed by atoms with E-state index in [0.717, 1.165) is 0 Å². The fourth-order valence-electron chi connectivity index (χ4n) is 1.22. The molecule has 0 aromatic rings. The minimum Gasteiger partial charge on any atom is -0.379 e. The van der Waals surface area contributed by atoms with E-state index in [9.17, 15) is 9.90 Å². The van der Waals surface area contributed by atoms with Crippen LogP contribution in [0.25, 0.3) is 0 Å². The van der Waals surface area contributed by atoms with Gasteiger partial charge in [0.1, 0.15) is 5.60 Å². The minimum absolute atomic E-state index is 0.0660. The lowest BCUT2D eigenvalue weighted by atomic mass is 9.77. The highest BCUT2D eigenvalue weighted by Crippen LogP contribution is 2.25. The smallest absolute Gasteiger partial charge is 0.172 e. The van der Waals surface area contributed by atoms with Gasteiger partial charge in [0.05, 0.1) is 0 Å². The minimum atomic E-state index is -1.09. The van der Waals surface area contributed by atoms with Crippen molar-refractivity contribution < 1.29 is 9.90 Å². The van der Waals surface area contributed by atoms with E-state index in [4.69, 9.17) is 0 Å². The molecule has 0 bridgehead atoms. The second kappa shape index (κ2) is 2.29. The van der Waals surface area contributed by atoms with E-state index in [2.05, 4.69) is 5.32 Å². The van der Waals surface area contributed by atoms with Crippen molar-refractivity contribution in [3.63, 3.8) is 0 Å². The number of carbonyl (C=O) groups excluding carboxylic acids is 1. The zero-order valence-corrected chi connectivity index (χ0v) is 7.27. The molecule has 0 amide bonds. The largest absolute Gasteiger partial charge is 0.379 e. The second-order valence-electron chi connectivity index (χ2n) is 4.21. The van der Waals surface area contributed by atoms with Gasteiger partial charge in [0, 0.05) is 18.5 Å². The fraction of sp³-hybridized carbons (Fsp3) is 0.875. The van der Waals surface area contributed by atoms with Crippen LogP contribution in [0, 0.1) is 5.41 Å². The average molecular weight is 157 g/mol. The monoisotopic (exact) mass is 157 g/mol. The zero-order chi connectivity index (χ0) is 8.70. The number of rotatable bonds is 1. The highest BCUT2D eigenvalue weighted by Gasteiger charge is 2.46. The molecule has 1 aliphatic heterocycles. The van der Waals surface area contributed by atoms with E-state index in [0.29, 0.717) is 13.1 Å². The quantitative estimate of drug-likeness (QED) is 0.560. The topological polar surface area (TPSA) is 49.3 Å². The van der Waals surface area contributed by atoms with Crippen LogP contribution in [-0.4, -0.2) is 29.6 Å². The maximum atomic E-state index is 11.5. The number of nitrogens with one attached hydrogen (secondary N) is 1. The molecular formula is C8H15NO2. The van der Waals surface area contributed by atoms with Crippen molar-refractivity contribution in [1.29, 1.82) is 0 Å². The molecule has 0 aliphatic carbocycles. The van der Waals surface area contributed by atoms with Gasteiger partial charge in [0.25, 0.3) is 0 Å². The van der Waals surface area contributed by atoms with E-state index >= 15 is 0 Å². The van der Waals surface area contributed by atoms with Crippen LogP contribution in [0.4, 0.5) is 0 Å². The molecule has 0 radical (unpaired) electrons. The molecule has 1 aliphatic rings. The van der Waals surface area contributed by atoms with Crippen LogP contribution in [0.2, 0.25) is 0 Å². The first-order valence-electron chi connectivity index (χ1n) is 3.84. The molecule has 2 N–H and O–H groups in total. The number of hydrogen-bond donors (Lipinski definition) is 2. The summed E-state index contributed by atoms with van der Waals surface area (Å²) in [5.41, 5.74) is -1.52. The van der Waals surface area contributed by atoms with E-state index in [1.165, 1.54) is 0 Å². The Morgan fingerprint density at radius 2 is 1.91 bits per heavy atom. The van der Waals surface area contributed by atoms with E-state index in [1.54, 1.807) is 0 Å². The van der Waals surface area contributed by atoms with Gasteiger partial charge in [0.2, 0.25) is 0 Å². The third-order valence-electron chi connectivity index (χ3n) is 1.94. The number of hydrogen-bond acceptors (Lipinski definition) is 3. The van der Waals surface area contributed by atoms with Crippen molar-refractivity contribution in [2.75, 3.05) is 13.1 Å².